The number of anilines is 3. The standard InChI is InChI=1S/C22H22N4O3/c1-4-26(18-10-5-7-15(2)13-18)20(27)19-11-12-23-22(25-19)24-17-9-6-8-16(14-17)21(28)29-3/h5-14H,4H2,1-3H3,(H,23,24,25). The molecule has 0 fully saturated rings. The Labute approximate surface area is 169 Å². The van der Waals surface area contributed by atoms with Crippen molar-refractivity contribution in [1.82, 2.24) is 9.97 Å². The maximum Gasteiger partial charge on any atom is 0.337 e. The molecular formula is C22H22N4O3. The van der Waals surface area contributed by atoms with Gasteiger partial charge in [-0.1, -0.05) is 18.2 Å². The molecule has 0 saturated heterocycles. The van der Waals surface area contributed by atoms with Crippen LogP contribution in [0.2, 0.25) is 0 Å². The van der Waals surface area contributed by atoms with E-state index in [4.69, 9.17) is 4.74 Å². The van der Waals surface area contributed by atoms with Gasteiger partial charge in [-0.05, 0) is 55.8 Å². The van der Waals surface area contributed by atoms with E-state index in [-0.39, 0.29) is 17.5 Å². The summed E-state index contributed by atoms with van der Waals surface area (Å²) in [6, 6.07) is 16.1. The number of benzene rings is 2. The van der Waals surface area contributed by atoms with Crippen LogP contribution in [0.1, 0.15) is 33.3 Å². The minimum atomic E-state index is -0.435. The molecule has 0 saturated carbocycles. The van der Waals surface area contributed by atoms with Crippen LogP contribution in [0.5, 0.6) is 0 Å². The summed E-state index contributed by atoms with van der Waals surface area (Å²) in [4.78, 5) is 34.9. The first kappa shape index (κ1) is 20.0. The summed E-state index contributed by atoms with van der Waals surface area (Å²) in [6.45, 7) is 4.41. The van der Waals surface area contributed by atoms with E-state index in [0.717, 1.165) is 11.3 Å². The predicted octanol–water partition coefficient (Wildman–Crippen LogP) is 3.98. The molecule has 0 spiro atoms. The number of methoxy groups -OCH3 is 1. The van der Waals surface area contributed by atoms with Crippen LogP contribution >= 0.6 is 0 Å². The number of carbonyl (C=O) groups is 2. The highest BCUT2D eigenvalue weighted by atomic mass is 16.5. The van der Waals surface area contributed by atoms with E-state index >= 15 is 0 Å². The Bertz CT molecular complexity index is 1040. The molecule has 0 aliphatic carbocycles. The van der Waals surface area contributed by atoms with Crippen LogP contribution in [0, 0.1) is 6.92 Å². The second-order valence-corrected chi connectivity index (χ2v) is 6.35. The third kappa shape index (κ3) is 4.76. The lowest BCUT2D eigenvalue weighted by atomic mass is 10.2. The van der Waals surface area contributed by atoms with Gasteiger partial charge in [0, 0.05) is 24.1 Å². The Morgan fingerprint density at radius 3 is 2.62 bits per heavy atom. The number of amides is 1. The van der Waals surface area contributed by atoms with E-state index in [1.807, 2.05) is 38.1 Å². The number of nitrogens with one attached hydrogen (secondary N) is 1. The number of rotatable bonds is 6. The number of aryl methyl sites for hydroxylation is 1. The van der Waals surface area contributed by atoms with Crippen LogP contribution in [-0.4, -0.2) is 35.5 Å². The van der Waals surface area contributed by atoms with Gasteiger partial charge < -0.3 is 15.0 Å². The van der Waals surface area contributed by atoms with Gasteiger partial charge in [-0.15, -0.1) is 0 Å². The van der Waals surface area contributed by atoms with Crippen molar-refractivity contribution in [2.75, 3.05) is 23.9 Å². The Hall–Kier alpha value is -3.74. The molecule has 1 amide bonds. The van der Waals surface area contributed by atoms with Crippen LogP contribution in [0.15, 0.2) is 60.8 Å². The Kier molecular flexibility index (Phi) is 6.19. The number of carbonyl (C=O) groups excluding carboxylic acids is 2. The fourth-order valence-corrected chi connectivity index (χ4v) is 2.89. The monoisotopic (exact) mass is 390 g/mol. The Morgan fingerprint density at radius 1 is 1.10 bits per heavy atom. The molecule has 2 aromatic carbocycles. The molecule has 3 aromatic rings. The van der Waals surface area contributed by atoms with E-state index in [9.17, 15) is 9.59 Å². The first-order valence-corrected chi connectivity index (χ1v) is 9.18. The maximum atomic E-state index is 13.0. The van der Waals surface area contributed by atoms with E-state index in [1.54, 1.807) is 35.2 Å². The highest BCUT2D eigenvalue weighted by Gasteiger charge is 2.18. The van der Waals surface area contributed by atoms with E-state index in [0.29, 0.717) is 17.8 Å². The van der Waals surface area contributed by atoms with Crippen molar-refractivity contribution in [2.45, 2.75) is 13.8 Å². The fraction of sp³-hybridized carbons (Fsp3) is 0.182. The average molecular weight is 390 g/mol. The third-order valence-electron chi connectivity index (χ3n) is 4.29. The van der Waals surface area contributed by atoms with Gasteiger partial charge in [0.2, 0.25) is 5.95 Å². The molecule has 7 nitrogen and oxygen atoms in total. The van der Waals surface area contributed by atoms with Gasteiger partial charge >= 0.3 is 5.97 Å². The fourth-order valence-electron chi connectivity index (χ4n) is 2.89. The molecule has 0 radical (unpaired) electrons. The van der Waals surface area contributed by atoms with Crippen molar-refractivity contribution < 1.29 is 14.3 Å². The quantitative estimate of drug-likeness (QED) is 0.641. The predicted molar refractivity (Wildman–Crippen MR) is 112 cm³/mol. The molecular weight excluding hydrogens is 368 g/mol. The summed E-state index contributed by atoms with van der Waals surface area (Å²) >= 11 is 0. The van der Waals surface area contributed by atoms with Crippen LogP contribution in [0.4, 0.5) is 17.3 Å². The van der Waals surface area contributed by atoms with Crippen LogP contribution in [-0.2, 0) is 4.74 Å². The third-order valence-corrected chi connectivity index (χ3v) is 4.29. The lowest BCUT2D eigenvalue weighted by molar-refractivity contribution is 0.0600. The average Bonchev–Trinajstić information content (AvgIpc) is 2.74. The maximum absolute atomic E-state index is 13.0. The summed E-state index contributed by atoms with van der Waals surface area (Å²) < 4.78 is 4.73. The molecule has 0 atom stereocenters. The molecule has 1 N–H and O–H groups in total. The van der Waals surface area contributed by atoms with Gasteiger partial charge in [0.05, 0.1) is 12.7 Å². The van der Waals surface area contributed by atoms with Crippen LogP contribution < -0.4 is 10.2 Å². The number of aromatic nitrogens is 2. The topological polar surface area (TPSA) is 84.4 Å². The van der Waals surface area contributed by atoms with Crippen molar-refractivity contribution in [2.24, 2.45) is 0 Å². The molecule has 0 unspecified atom stereocenters. The highest BCUT2D eigenvalue weighted by molar-refractivity contribution is 6.04. The molecule has 7 heteroatoms. The Morgan fingerprint density at radius 2 is 1.90 bits per heavy atom. The summed E-state index contributed by atoms with van der Waals surface area (Å²) in [7, 11) is 1.33. The second kappa shape index (κ2) is 8.97. The van der Waals surface area contributed by atoms with Gasteiger partial charge in [0.1, 0.15) is 5.69 Å². The van der Waals surface area contributed by atoms with Gasteiger partial charge in [-0.2, -0.15) is 0 Å². The van der Waals surface area contributed by atoms with E-state index < -0.39 is 5.97 Å². The zero-order chi connectivity index (χ0) is 20.8. The van der Waals surface area contributed by atoms with E-state index in [2.05, 4.69) is 15.3 Å². The first-order valence-electron chi connectivity index (χ1n) is 9.18. The molecule has 148 valence electrons. The molecule has 0 aliphatic rings. The molecule has 1 aromatic heterocycles. The zero-order valence-electron chi connectivity index (χ0n) is 16.5. The number of nitrogens with zero attached hydrogens (tertiary/aromatic N) is 3. The number of hydrogen-bond acceptors (Lipinski definition) is 6. The number of ether oxygens (including phenoxy) is 1. The molecule has 1 heterocycles. The molecule has 29 heavy (non-hydrogen) atoms. The lowest BCUT2D eigenvalue weighted by Crippen LogP contribution is -2.31. The minimum absolute atomic E-state index is 0.216. The van der Waals surface area contributed by atoms with Gasteiger partial charge in [-0.3, -0.25) is 4.79 Å². The molecule has 3 rings (SSSR count). The second-order valence-electron chi connectivity index (χ2n) is 6.35. The Balaban J connectivity index is 1.83. The van der Waals surface area contributed by atoms with Crippen molar-refractivity contribution in [3.63, 3.8) is 0 Å². The summed E-state index contributed by atoms with van der Waals surface area (Å²) in [6.07, 6.45) is 1.52. The van der Waals surface area contributed by atoms with Gasteiger partial charge in [0.25, 0.3) is 5.91 Å². The van der Waals surface area contributed by atoms with Gasteiger partial charge in [0.15, 0.2) is 0 Å². The van der Waals surface area contributed by atoms with Crippen molar-refractivity contribution in [3.8, 4) is 0 Å². The van der Waals surface area contributed by atoms with Crippen molar-refractivity contribution >= 4 is 29.2 Å². The first-order chi connectivity index (χ1) is 14.0. The highest BCUT2D eigenvalue weighted by Crippen LogP contribution is 2.19. The summed E-state index contributed by atoms with van der Waals surface area (Å²) in [5.41, 5.74) is 3.18. The summed E-state index contributed by atoms with van der Waals surface area (Å²) in [5.74, 6) is -0.389. The normalized spacial score (nSPS) is 10.3. The minimum Gasteiger partial charge on any atom is -0.465 e. The SMILES string of the molecule is CCN(C(=O)c1ccnc(Nc2cccc(C(=O)OC)c2)n1)c1cccc(C)c1. The van der Waals surface area contributed by atoms with Gasteiger partial charge in [-0.25, -0.2) is 14.8 Å². The van der Waals surface area contributed by atoms with Crippen molar-refractivity contribution in [1.29, 1.82) is 0 Å². The largest absolute Gasteiger partial charge is 0.465 e. The molecule has 0 bridgehead atoms. The van der Waals surface area contributed by atoms with Crippen LogP contribution in [0.25, 0.3) is 0 Å². The number of esters is 1. The molecule has 0 aliphatic heterocycles. The smallest absolute Gasteiger partial charge is 0.337 e. The zero-order valence-corrected chi connectivity index (χ0v) is 16.5. The lowest BCUT2D eigenvalue weighted by Gasteiger charge is -2.21. The number of hydrogen-bond donors (Lipinski definition) is 1. The van der Waals surface area contributed by atoms with Crippen molar-refractivity contribution in [3.05, 3.63) is 77.6 Å². The van der Waals surface area contributed by atoms with E-state index in [1.165, 1.54) is 13.3 Å². The van der Waals surface area contributed by atoms with Crippen LogP contribution in [0.3, 0.4) is 0 Å². The summed E-state index contributed by atoms with van der Waals surface area (Å²) in [5, 5.41) is 3.02.